The Kier molecular flexibility index (Phi) is 2.70. The quantitative estimate of drug-likeness (QED) is 0.680. The van der Waals surface area contributed by atoms with Gasteiger partial charge in [0, 0.05) is 16.9 Å². The fraction of sp³-hybridized carbons (Fsp3) is 0. The predicted octanol–water partition coefficient (Wildman–Crippen LogP) is 1.62. The minimum Gasteiger partial charge on any atom is -0.398 e. The number of nitrogens with two attached hydrogens (primary N) is 3. The maximum absolute atomic E-state index is 11.1. The highest BCUT2D eigenvalue weighted by atomic mass is 16.1. The molecule has 0 radical (unpaired) electrons. The van der Waals surface area contributed by atoms with Crippen LogP contribution in [0.2, 0.25) is 0 Å². The summed E-state index contributed by atoms with van der Waals surface area (Å²) in [5.74, 6) is -0.532. The molecular formula is C13H13N3O. The van der Waals surface area contributed by atoms with Gasteiger partial charge in [-0.1, -0.05) is 24.3 Å². The molecule has 0 heterocycles. The third-order valence-corrected chi connectivity index (χ3v) is 2.59. The van der Waals surface area contributed by atoms with Crippen molar-refractivity contribution in [2.75, 3.05) is 11.5 Å². The maximum Gasteiger partial charge on any atom is 0.250 e. The number of primary amides is 1. The summed E-state index contributed by atoms with van der Waals surface area (Å²) in [6.07, 6.45) is 0. The lowest BCUT2D eigenvalue weighted by Gasteiger charge is -2.08. The lowest BCUT2D eigenvalue weighted by molar-refractivity contribution is 0.100. The molecule has 6 N–H and O–H groups in total. The third-order valence-electron chi connectivity index (χ3n) is 2.59. The molecule has 17 heavy (non-hydrogen) atoms. The van der Waals surface area contributed by atoms with E-state index in [9.17, 15) is 4.79 Å². The van der Waals surface area contributed by atoms with E-state index in [4.69, 9.17) is 17.2 Å². The van der Waals surface area contributed by atoms with Gasteiger partial charge in [0.05, 0.1) is 5.56 Å². The number of rotatable bonds is 2. The second-order valence-electron chi connectivity index (χ2n) is 3.75. The second-order valence-corrected chi connectivity index (χ2v) is 3.75. The summed E-state index contributed by atoms with van der Waals surface area (Å²) >= 11 is 0. The first-order valence-corrected chi connectivity index (χ1v) is 5.14. The van der Waals surface area contributed by atoms with Crippen LogP contribution < -0.4 is 17.2 Å². The van der Waals surface area contributed by atoms with E-state index in [2.05, 4.69) is 0 Å². The van der Waals surface area contributed by atoms with Crippen LogP contribution in [0.4, 0.5) is 11.4 Å². The minimum absolute atomic E-state index is 0.322. The number of nitrogen functional groups attached to an aromatic ring is 2. The standard InChI is InChI=1S/C13H13N3O/c14-11-4-2-1-3-9(11)8-5-6-10(13(16)17)12(15)7-8/h1-7H,14-15H2,(H2,16,17). The van der Waals surface area contributed by atoms with Gasteiger partial charge in [0.2, 0.25) is 0 Å². The zero-order valence-corrected chi connectivity index (χ0v) is 9.18. The molecule has 0 aliphatic rings. The molecule has 2 rings (SSSR count). The summed E-state index contributed by atoms with van der Waals surface area (Å²) in [4.78, 5) is 11.1. The van der Waals surface area contributed by atoms with Crippen molar-refractivity contribution >= 4 is 17.3 Å². The summed E-state index contributed by atoms with van der Waals surface area (Å²) < 4.78 is 0. The van der Waals surface area contributed by atoms with Crippen LogP contribution in [0.5, 0.6) is 0 Å². The van der Waals surface area contributed by atoms with Gasteiger partial charge in [0.25, 0.3) is 5.91 Å². The molecule has 2 aromatic carbocycles. The summed E-state index contributed by atoms with van der Waals surface area (Å²) in [6, 6.07) is 12.6. The number of carbonyl (C=O) groups is 1. The molecule has 0 atom stereocenters. The normalized spacial score (nSPS) is 10.1. The highest BCUT2D eigenvalue weighted by Gasteiger charge is 2.08. The van der Waals surface area contributed by atoms with Crippen molar-refractivity contribution in [2.24, 2.45) is 5.73 Å². The van der Waals surface area contributed by atoms with Crippen molar-refractivity contribution in [3.63, 3.8) is 0 Å². The highest BCUT2D eigenvalue weighted by Crippen LogP contribution is 2.28. The van der Waals surface area contributed by atoms with Gasteiger partial charge in [-0.2, -0.15) is 0 Å². The molecule has 0 unspecified atom stereocenters. The number of benzene rings is 2. The first kappa shape index (κ1) is 11.0. The molecule has 86 valence electrons. The molecule has 0 bridgehead atoms. The zero-order chi connectivity index (χ0) is 12.4. The van der Waals surface area contributed by atoms with E-state index in [1.807, 2.05) is 24.3 Å². The SMILES string of the molecule is NC(=O)c1ccc(-c2ccccc2N)cc1N. The largest absolute Gasteiger partial charge is 0.398 e. The topological polar surface area (TPSA) is 95.1 Å². The number of carbonyl (C=O) groups excluding carboxylic acids is 1. The maximum atomic E-state index is 11.1. The van der Waals surface area contributed by atoms with E-state index in [0.29, 0.717) is 16.9 Å². The number of anilines is 2. The van der Waals surface area contributed by atoms with Gasteiger partial charge in [-0.15, -0.1) is 0 Å². The summed E-state index contributed by atoms with van der Waals surface area (Å²) in [5.41, 5.74) is 19.9. The van der Waals surface area contributed by atoms with Crippen LogP contribution in [0.3, 0.4) is 0 Å². The molecule has 4 nitrogen and oxygen atoms in total. The lowest BCUT2D eigenvalue weighted by atomic mass is 10.0. The van der Waals surface area contributed by atoms with Gasteiger partial charge in [-0.25, -0.2) is 0 Å². The van der Waals surface area contributed by atoms with Crippen LogP contribution in [0, 0.1) is 0 Å². The number of hydrogen-bond donors (Lipinski definition) is 3. The van der Waals surface area contributed by atoms with Crippen molar-refractivity contribution in [3.05, 3.63) is 48.0 Å². The molecule has 0 aliphatic heterocycles. The molecule has 4 heteroatoms. The number of amides is 1. The molecule has 2 aromatic rings. The molecule has 0 aromatic heterocycles. The van der Waals surface area contributed by atoms with Crippen molar-refractivity contribution in [2.45, 2.75) is 0 Å². The Balaban J connectivity index is 2.52. The molecule has 1 amide bonds. The first-order valence-electron chi connectivity index (χ1n) is 5.14. The fourth-order valence-electron chi connectivity index (χ4n) is 1.71. The third kappa shape index (κ3) is 2.06. The molecule has 0 spiro atoms. The van der Waals surface area contributed by atoms with Crippen LogP contribution in [-0.2, 0) is 0 Å². The molecule has 0 aliphatic carbocycles. The van der Waals surface area contributed by atoms with Crippen molar-refractivity contribution in [1.82, 2.24) is 0 Å². The Morgan fingerprint density at radius 1 is 0.941 bits per heavy atom. The average Bonchev–Trinajstić information content (AvgIpc) is 2.29. The Morgan fingerprint density at radius 2 is 1.65 bits per heavy atom. The van der Waals surface area contributed by atoms with Gasteiger partial charge in [0.1, 0.15) is 0 Å². The molecular weight excluding hydrogens is 214 g/mol. The van der Waals surface area contributed by atoms with Crippen molar-refractivity contribution in [3.8, 4) is 11.1 Å². The Hall–Kier alpha value is -2.49. The summed E-state index contributed by atoms with van der Waals surface area (Å²) in [5, 5.41) is 0. The van der Waals surface area contributed by atoms with Gasteiger partial charge in [-0.3, -0.25) is 4.79 Å². The van der Waals surface area contributed by atoms with Crippen LogP contribution in [0.25, 0.3) is 11.1 Å². The predicted molar refractivity (Wildman–Crippen MR) is 69.2 cm³/mol. The van der Waals surface area contributed by atoms with Gasteiger partial charge in [-0.05, 0) is 23.8 Å². The van der Waals surface area contributed by atoms with Crippen LogP contribution in [0.15, 0.2) is 42.5 Å². The molecule has 0 saturated carbocycles. The van der Waals surface area contributed by atoms with E-state index in [1.165, 1.54) is 0 Å². The average molecular weight is 227 g/mol. The smallest absolute Gasteiger partial charge is 0.250 e. The minimum atomic E-state index is -0.532. The zero-order valence-electron chi connectivity index (χ0n) is 9.18. The Morgan fingerprint density at radius 3 is 2.24 bits per heavy atom. The lowest BCUT2D eigenvalue weighted by Crippen LogP contribution is -2.13. The summed E-state index contributed by atoms with van der Waals surface area (Å²) in [7, 11) is 0. The monoisotopic (exact) mass is 227 g/mol. The van der Waals surface area contributed by atoms with Gasteiger partial charge >= 0.3 is 0 Å². The fourth-order valence-corrected chi connectivity index (χ4v) is 1.71. The van der Waals surface area contributed by atoms with E-state index in [1.54, 1.807) is 18.2 Å². The van der Waals surface area contributed by atoms with E-state index >= 15 is 0 Å². The number of para-hydroxylation sites is 1. The highest BCUT2D eigenvalue weighted by molar-refractivity contribution is 5.99. The van der Waals surface area contributed by atoms with Gasteiger partial charge < -0.3 is 17.2 Å². The van der Waals surface area contributed by atoms with Gasteiger partial charge in [0.15, 0.2) is 0 Å². The second kappa shape index (κ2) is 4.17. The molecule has 0 fully saturated rings. The molecule has 0 saturated heterocycles. The van der Waals surface area contributed by atoms with E-state index in [0.717, 1.165) is 11.1 Å². The van der Waals surface area contributed by atoms with E-state index in [-0.39, 0.29) is 0 Å². The Bertz CT molecular complexity index is 579. The van der Waals surface area contributed by atoms with Crippen LogP contribution in [-0.4, -0.2) is 5.91 Å². The number of hydrogen-bond acceptors (Lipinski definition) is 3. The van der Waals surface area contributed by atoms with E-state index < -0.39 is 5.91 Å². The first-order chi connectivity index (χ1) is 8.09. The van der Waals surface area contributed by atoms with Crippen LogP contribution >= 0.6 is 0 Å². The summed E-state index contributed by atoms with van der Waals surface area (Å²) in [6.45, 7) is 0. The van der Waals surface area contributed by atoms with Crippen LogP contribution in [0.1, 0.15) is 10.4 Å². The Labute approximate surface area is 99.0 Å². The van der Waals surface area contributed by atoms with Crippen molar-refractivity contribution < 1.29 is 4.79 Å². The van der Waals surface area contributed by atoms with Crippen molar-refractivity contribution in [1.29, 1.82) is 0 Å².